The maximum atomic E-state index is 14.7. The number of carbonyl (C=O) groups is 1. The number of benzene rings is 1. The van der Waals surface area contributed by atoms with Crippen molar-refractivity contribution in [2.45, 2.75) is 51.6 Å². The Morgan fingerprint density at radius 2 is 1.86 bits per heavy atom. The summed E-state index contributed by atoms with van der Waals surface area (Å²) in [5.41, 5.74) is -0.186. The van der Waals surface area contributed by atoms with Crippen LogP contribution < -0.4 is 10.1 Å². The molecule has 13 heteroatoms. The Balaban J connectivity index is 1.71. The third kappa shape index (κ3) is 5.45. The monoisotopic (exact) mass is 528 g/mol. The molecule has 0 spiro atoms. The number of carbonyl (C=O) groups excluding carboxylic acids is 1. The fraction of sp³-hybridized carbons (Fsp3) is 0.435. The fourth-order valence-corrected chi connectivity index (χ4v) is 5.79. The number of ether oxygens (including phenoxy) is 1. The molecule has 0 saturated carbocycles. The molecule has 0 bridgehead atoms. The molecule has 1 aromatic carbocycles. The van der Waals surface area contributed by atoms with Crippen LogP contribution in [-0.2, 0) is 9.84 Å². The van der Waals surface area contributed by atoms with Crippen molar-refractivity contribution in [1.82, 2.24) is 20.1 Å². The summed E-state index contributed by atoms with van der Waals surface area (Å²) in [5, 5.41) is 7.27. The predicted octanol–water partition coefficient (Wildman–Crippen LogP) is 4.41. The first-order valence-corrected chi connectivity index (χ1v) is 13.0. The van der Waals surface area contributed by atoms with Crippen LogP contribution in [0.25, 0.3) is 22.3 Å². The number of rotatable bonds is 5. The van der Waals surface area contributed by atoms with E-state index in [0.717, 1.165) is 18.2 Å². The second-order valence-electron chi connectivity index (χ2n) is 9.33. The van der Waals surface area contributed by atoms with Gasteiger partial charge < -0.3 is 10.1 Å². The van der Waals surface area contributed by atoms with Gasteiger partial charge in [0.1, 0.15) is 32.6 Å². The molecule has 1 fully saturated rings. The van der Waals surface area contributed by atoms with Crippen LogP contribution in [0.5, 0.6) is 5.75 Å². The number of amides is 1. The molecule has 2 aromatic heterocycles. The van der Waals surface area contributed by atoms with Crippen molar-refractivity contribution in [2.75, 3.05) is 11.5 Å². The summed E-state index contributed by atoms with van der Waals surface area (Å²) in [7, 11) is -3.12. The van der Waals surface area contributed by atoms with Crippen LogP contribution in [0.4, 0.5) is 17.6 Å². The predicted molar refractivity (Wildman–Crippen MR) is 124 cm³/mol. The molecule has 8 nitrogen and oxygen atoms in total. The van der Waals surface area contributed by atoms with Crippen LogP contribution in [-0.4, -0.2) is 52.5 Å². The van der Waals surface area contributed by atoms with Gasteiger partial charge in [-0.3, -0.25) is 14.5 Å². The van der Waals surface area contributed by atoms with Gasteiger partial charge in [0.25, 0.3) is 5.91 Å². The van der Waals surface area contributed by atoms with Gasteiger partial charge in [-0.25, -0.2) is 12.8 Å². The zero-order valence-electron chi connectivity index (χ0n) is 19.7. The maximum Gasteiger partial charge on any atom is 0.573 e. The minimum Gasteiger partial charge on any atom is -0.406 e. The van der Waals surface area contributed by atoms with E-state index in [1.807, 2.05) is 0 Å². The third-order valence-electron chi connectivity index (χ3n) is 6.07. The van der Waals surface area contributed by atoms with Crippen molar-refractivity contribution in [3.8, 4) is 17.0 Å². The zero-order valence-corrected chi connectivity index (χ0v) is 20.5. The molecule has 3 aromatic rings. The van der Waals surface area contributed by atoms with Crippen molar-refractivity contribution in [2.24, 2.45) is 0 Å². The molecule has 0 unspecified atom stereocenters. The summed E-state index contributed by atoms with van der Waals surface area (Å²) in [6.07, 6.45) is -3.13. The molecular formula is C23H24F4N4O4S. The normalized spacial score (nSPS) is 17.3. The SMILES string of the molecule is CC(C)n1nc(-c2cc(OC(F)(F)F)ccc2F)c2ncc(C(=O)NC3(C)CCS(=O)(=O)CC3)cc21. The van der Waals surface area contributed by atoms with Gasteiger partial charge in [0.2, 0.25) is 0 Å². The number of aromatic nitrogens is 3. The van der Waals surface area contributed by atoms with E-state index in [9.17, 15) is 30.8 Å². The topological polar surface area (TPSA) is 103 Å². The molecule has 1 N–H and O–H groups in total. The number of hydrogen-bond acceptors (Lipinski definition) is 6. The van der Waals surface area contributed by atoms with Crippen molar-refractivity contribution >= 4 is 26.8 Å². The van der Waals surface area contributed by atoms with E-state index in [-0.39, 0.29) is 52.7 Å². The molecule has 0 radical (unpaired) electrons. The summed E-state index contributed by atoms with van der Waals surface area (Å²) >= 11 is 0. The second kappa shape index (κ2) is 9.02. The third-order valence-corrected chi connectivity index (χ3v) is 7.72. The van der Waals surface area contributed by atoms with Crippen LogP contribution in [0, 0.1) is 5.82 Å². The highest BCUT2D eigenvalue weighted by Gasteiger charge is 2.35. The highest BCUT2D eigenvalue weighted by molar-refractivity contribution is 7.91. The van der Waals surface area contributed by atoms with Gasteiger partial charge in [-0.2, -0.15) is 5.10 Å². The summed E-state index contributed by atoms with van der Waals surface area (Å²) in [5.74, 6) is -1.93. The van der Waals surface area contributed by atoms with E-state index in [0.29, 0.717) is 5.52 Å². The van der Waals surface area contributed by atoms with E-state index in [1.54, 1.807) is 20.8 Å². The van der Waals surface area contributed by atoms with E-state index in [4.69, 9.17) is 0 Å². The maximum absolute atomic E-state index is 14.7. The average molecular weight is 529 g/mol. The number of halogens is 4. The lowest BCUT2D eigenvalue weighted by molar-refractivity contribution is -0.274. The van der Waals surface area contributed by atoms with Crippen molar-refractivity contribution < 1.29 is 35.5 Å². The van der Waals surface area contributed by atoms with Gasteiger partial charge in [0, 0.05) is 23.3 Å². The molecule has 4 rings (SSSR count). The smallest absolute Gasteiger partial charge is 0.406 e. The molecule has 36 heavy (non-hydrogen) atoms. The van der Waals surface area contributed by atoms with Crippen LogP contribution in [0.1, 0.15) is 50.0 Å². The molecule has 3 heterocycles. The van der Waals surface area contributed by atoms with Crippen molar-refractivity contribution in [3.05, 3.63) is 41.8 Å². The molecule has 1 amide bonds. The minimum atomic E-state index is -4.95. The fourth-order valence-electron chi connectivity index (χ4n) is 4.06. The van der Waals surface area contributed by atoms with Crippen molar-refractivity contribution in [3.63, 3.8) is 0 Å². The number of pyridine rings is 1. The highest BCUT2D eigenvalue weighted by atomic mass is 32.2. The Morgan fingerprint density at radius 1 is 1.19 bits per heavy atom. The number of hydrogen-bond donors (Lipinski definition) is 1. The lowest BCUT2D eigenvalue weighted by Gasteiger charge is -2.34. The average Bonchev–Trinajstić information content (AvgIpc) is 3.15. The van der Waals surface area contributed by atoms with E-state index >= 15 is 0 Å². The summed E-state index contributed by atoms with van der Waals surface area (Å²) in [6.45, 7) is 5.37. The van der Waals surface area contributed by atoms with Crippen LogP contribution in [0.2, 0.25) is 0 Å². The first-order chi connectivity index (χ1) is 16.7. The Morgan fingerprint density at radius 3 is 2.47 bits per heavy atom. The highest BCUT2D eigenvalue weighted by Crippen LogP contribution is 2.34. The summed E-state index contributed by atoms with van der Waals surface area (Å²) in [4.78, 5) is 17.3. The number of nitrogens with zero attached hydrogens (tertiary/aromatic N) is 3. The zero-order chi connectivity index (χ0) is 26.5. The summed E-state index contributed by atoms with van der Waals surface area (Å²) in [6, 6.07) is 3.88. The van der Waals surface area contributed by atoms with Crippen LogP contribution >= 0.6 is 0 Å². The second-order valence-corrected chi connectivity index (χ2v) is 11.6. The Hall–Kier alpha value is -3.22. The van der Waals surface area contributed by atoms with Crippen LogP contribution in [0.3, 0.4) is 0 Å². The van der Waals surface area contributed by atoms with Gasteiger partial charge >= 0.3 is 6.36 Å². The molecule has 1 saturated heterocycles. The number of fused-ring (bicyclic) bond motifs is 1. The van der Waals surface area contributed by atoms with E-state index in [1.165, 1.54) is 16.9 Å². The molecule has 1 aliphatic rings. The van der Waals surface area contributed by atoms with Crippen molar-refractivity contribution in [1.29, 1.82) is 0 Å². The number of alkyl halides is 3. The van der Waals surface area contributed by atoms with Gasteiger partial charge in [-0.15, -0.1) is 13.2 Å². The molecule has 194 valence electrons. The lowest BCUT2D eigenvalue weighted by atomic mass is 9.94. The van der Waals surface area contributed by atoms with Crippen LogP contribution in [0.15, 0.2) is 30.5 Å². The Labute approximate surface area is 204 Å². The lowest BCUT2D eigenvalue weighted by Crippen LogP contribution is -2.50. The Bertz CT molecular complexity index is 1420. The van der Waals surface area contributed by atoms with Gasteiger partial charge in [-0.05, 0) is 57.9 Å². The van der Waals surface area contributed by atoms with Gasteiger partial charge in [0.05, 0.1) is 22.6 Å². The standard InChI is InChI=1S/C23H24F4N4O4S/c1-13(2)31-18-10-14(21(32)29-22(3)6-8-36(33,34)9-7-22)12-28-20(18)19(30-31)16-11-15(4-5-17(16)24)35-23(25,26)27/h4-5,10-13H,6-9H2,1-3H3,(H,29,32). The van der Waals surface area contributed by atoms with Gasteiger partial charge in [-0.1, -0.05) is 0 Å². The first kappa shape index (κ1) is 25.9. The quantitative estimate of drug-likeness (QED) is 0.492. The number of nitrogens with one attached hydrogen (secondary N) is 1. The van der Waals surface area contributed by atoms with E-state index < -0.39 is 39.2 Å². The van der Waals surface area contributed by atoms with E-state index in [2.05, 4.69) is 20.1 Å². The Kier molecular flexibility index (Phi) is 6.48. The number of sulfone groups is 1. The summed E-state index contributed by atoms with van der Waals surface area (Å²) < 4.78 is 81.6. The largest absolute Gasteiger partial charge is 0.573 e. The molecule has 1 aliphatic heterocycles. The molecule has 0 atom stereocenters. The molecular weight excluding hydrogens is 504 g/mol. The van der Waals surface area contributed by atoms with Gasteiger partial charge in [0.15, 0.2) is 0 Å². The molecule has 0 aliphatic carbocycles. The minimum absolute atomic E-state index is 0.000214. The first-order valence-electron chi connectivity index (χ1n) is 11.1.